The molecule has 0 atom stereocenters. The number of allylic oxidation sites excluding steroid dienone is 1. The Labute approximate surface area is 87.6 Å². The number of nitriles is 1. The fraction of sp³-hybridized carbons (Fsp3) is 0.250. The van der Waals surface area contributed by atoms with Crippen molar-refractivity contribution in [3.8, 4) is 11.8 Å². The average molecular weight is 203 g/mol. The molecule has 0 aliphatic carbocycles. The zero-order valence-electron chi connectivity index (χ0n) is 8.38. The van der Waals surface area contributed by atoms with E-state index in [-0.39, 0.29) is 5.82 Å². The van der Waals surface area contributed by atoms with Gasteiger partial charge in [0.25, 0.3) is 0 Å². The molecule has 0 aromatic heterocycles. The summed E-state index contributed by atoms with van der Waals surface area (Å²) < 4.78 is 18.5. The van der Waals surface area contributed by atoms with Crippen LogP contribution in [0.4, 0.5) is 4.39 Å². The Morgan fingerprint density at radius 1 is 1.53 bits per heavy atom. The number of rotatable bonds is 0. The maximum atomic E-state index is 13.1. The van der Waals surface area contributed by atoms with Crippen molar-refractivity contribution in [2.75, 3.05) is 6.61 Å². The molecular weight excluding hydrogens is 193 g/mol. The van der Waals surface area contributed by atoms with Crippen LogP contribution < -0.4 is 4.74 Å². The van der Waals surface area contributed by atoms with Gasteiger partial charge < -0.3 is 4.74 Å². The lowest BCUT2D eigenvalue weighted by Crippen LogP contribution is -2.09. The van der Waals surface area contributed by atoms with Crippen LogP contribution in [0.1, 0.15) is 18.9 Å². The first-order chi connectivity index (χ1) is 7.22. The minimum atomic E-state index is -0.303. The topological polar surface area (TPSA) is 33.0 Å². The summed E-state index contributed by atoms with van der Waals surface area (Å²) in [5.41, 5.74) is 2.23. The zero-order chi connectivity index (χ0) is 10.8. The van der Waals surface area contributed by atoms with Gasteiger partial charge in [0, 0.05) is 17.6 Å². The number of halogens is 1. The van der Waals surface area contributed by atoms with Crippen LogP contribution in [0.3, 0.4) is 0 Å². The van der Waals surface area contributed by atoms with Crippen molar-refractivity contribution >= 4 is 5.57 Å². The maximum Gasteiger partial charge on any atom is 0.127 e. The van der Waals surface area contributed by atoms with Gasteiger partial charge in [-0.1, -0.05) is 0 Å². The standard InChI is InChI=1S/C12H10FNO/c1-8(7-14)10-4-5-15-12-3-2-9(13)6-11(10)12/h2-3,6H,4-5H2,1H3/b10-8+. The predicted octanol–water partition coefficient (Wildman–Crippen LogP) is 2.91. The molecule has 0 saturated heterocycles. The molecule has 0 bridgehead atoms. The van der Waals surface area contributed by atoms with E-state index < -0.39 is 0 Å². The molecule has 1 heterocycles. The van der Waals surface area contributed by atoms with Gasteiger partial charge in [-0.3, -0.25) is 0 Å². The molecule has 15 heavy (non-hydrogen) atoms. The van der Waals surface area contributed by atoms with Crippen LogP contribution in [0.25, 0.3) is 5.57 Å². The Morgan fingerprint density at radius 3 is 3.07 bits per heavy atom. The summed E-state index contributed by atoms with van der Waals surface area (Å²) in [6, 6.07) is 6.49. The molecule has 2 nitrogen and oxygen atoms in total. The summed E-state index contributed by atoms with van der Waals surface area (Å²) in [5.74, 6) is 0.356. The van der Waals surface area contributed by atoms with E-state index in [1.807, 2.05) is 0 Å². The highest BCUT2D eigenvalue weighted by Crippen LogP contribution is 2.34. The van der Waals surface area contributed by atoms with E-state index in [0.29, 0.717) is 29.9 Å². The Kier molecular flexibility index (Phi) is 2.42. The van der Waals surface area contributed by atoms with Gasteiger partial charge >= 0.3 is 0 Å². The fourth-order valence-electron chi connectivity index (χ4n) is 1.72. The van der Waals surface area contributed by atoms with E-state index in [1.54, 1.807) is 13.0 Å². The normalized spacial score (nSPS) is 17.4. The molecule has 0 amide bonds. The minimum Gasteiger partial charge on any atom is -0.493 e. The summed E-state index contributed by atoms with van der Waals surface area (Å²) in [7, 11) is 0. The van der Waals surface area contributed by atoms with Gasteiger partial charge in [0.15, 0.2) is 0 Å². The maximum absolute atomic E-state index is 13.1. The first-order valence-corrected chi connectivity index (χ1v) is 4.75. The molecule has 0 fully saturated rings. The Morgan fingerprint density at radius 2 is 2.33 bits per heavy atom. The van der Waals surface area contributed by atoms with Gasteiger partial charge in [-0.2, -0.15) is 5.26 Å². The van der Waals surface area contributed by atoms with Crippen molar-refractivity contribution in [1.29, 1.82) is 5.26 Å². The molecule has 76 valence electrons. The van der Waals surface area contributed by atoms with Crippen molar-refractivity contribution < 1.29 is 9.13 Å². The van der Waals surface area contributed by atoms with Crippen LogP contribution in [-0.4, -0.2) is 6.61 Å². The summed E-state index contributed by atoms with van der Waals surface area (Å²) in [5, 5.41) is 8.84. The number of hydrogen-bond donors (Lipinski definition) is 0. The van der Waals surface area contributed by atoms with E-state index in [4.69, 9.17) is 10.00 Å². The summed E-state index contributed by atoms with van der Waals surface area (Å²) in [6.07, 6.45) is 0.663. The third-order valence-corrected chi connectivity index (χ3v) is 2.50. The average Bonchev–Trinajstić information content (AvgIpc) is 2.27. The number of hydrogen-bond acceptors (Lipinski definition) is 2. The predicted molar refractivity (Wildman–Crippen MR) is 54.7 cm³/mol. The molecule has 1 aliphatic heterocycles. The van der Waals surface area contributed by atoms with Gasteiger partial charge in [-0.25, -0.2) is 4.39 Å². The first kappa shape index (κ1) is 9.72. The second-order valence-corrected chi connectivity index (χ2v) is 3.45. The molecule has 0 saturated carbocycles. The number of ether oxygens (including phenoxy) is 1. The van der Waals surface area contributed by atoms with Crippen molar-refractivity contribution in [3.05, 3.63) is 35.2 Å². The molecule has 1 aliphatic rings. The van der Waals surface area contributed by atoms with Crippen LogP contribution >= 0.6 is 0 Å². The van der Waals surface area contributed by atoms with Crippen molar-refractivity contribution in [2.45, 2.75) is 13.3 Å². The highest BCUT2D eigenvalue weighted by atomic mass is 19.1. The van der Waals surface area contributed by atoms with E-state index in [1.165, 1.54) is 12.1 Å². The second kappa shape index (κ2) is 3.74. The second-order valence-electron chi connectivity index (χ2n) is 3.45. The van der Waals surface area contributed by atoms with Crippen LogP contribution in [0, 0.1) is 17.1 Å². The highest BCUT2D eigenvalue weighted by Gasteiger charge is 2.17. The van der Waals surface area contributed by atoms with Gasteiger partial charge in [-0.05, 0) is 30.7 Å². The summed E-state index contributed by atoms with van der Waals surface area (Å²) in [4.78, 5) is 0. The lowest BCUT2D eigenvalue weighted by molar-refractivity contribution is 0.315. The van der Waals surface area contributed by atoms with Crippen LogP contribution in [-0.2, 0) is 0 Å². The molecule has 0 unspecified atom stereocenters. The lowest BCUT2D eigenvalue weighted by Gasteiger charge is -2.20. The fourth-order valence-corrected chi connectivity index (χ4v) is 1.72. The van der Waals surface area contributed by atoms with Gasteiger partial charge in [0.2, 0.25) is 0 Å². The summed E-state index contributed by atoms with van der Waals surface area (Å²) in [6.45, 7) is 2.29. The third kappa shape index (κ3) is 1.71. The molecule has 1 aromatic rings. The monoisotopic (exact) mass is 203 g/mol. The van der Waals surface area contributed by atoms with Crippen LogP contribution in [0.5, 0.6) is 5.75 Å². The Balaban J connectivity index is 2.61. The molecule has 0 N–H and O–H groups in total. The zero-order valence-corrected chi connectivity index (χ0v) is 8.38. The SMILES string of the molecule is C/C(C#N)=C1/CCOc2ccc(F)cc21. The number of fused-ring (bicyclic) bond motifs is 1. The minimum absolute atomic E-state index is 0.303. The van der Waals surface area contributed by atoms with Crippen LogP contribution in [0.2, 0.25) is 0 Å². The molecule has 0 spiro atoms. The lowest BCUT2D eigenvalue weighted by atomic mass is 9.96. The smallest absolute Gasteiger partial charge is 0.127 e. The van der Waals surface area contributed by atoms with E-state index >= 15 is 0 Å². The quantitative estimate of drug-likeness (QED) is 0.607. The van der Waals surface area contributed by atoms with E-state index in [2.05, 4.69) is 6.07 Å². The molecule has 3 heteroatoms. The molecular formula is C12H10FNO. The Bertz CT molecular complexity index is 471. The van der Waals surface area contributed by atoms with Crippen LogP contribution in [0.15, 0.2) is 23.8 Å². The van der Waals surface area contributed by atoms with E-state index in [9.17, 15) is 4.39 Å². The van der Waals surface area contributed by atoms with Gasteiger partial charge in [0.1, 0.15) is 11.6 Å². The highest BCUT2D eigenvalue weighted by molar-refractivity contribution is 5.76. The Hall–Kier alpha value is -1.82. The number of benzene rings is 1. The van der Waals surface area contributed by atoms with E-state index in [0.717, 1.165) is 5.57 Å². The molecule has 2 rings (SSSR count). The largest absolute Gasteiger partial charge is 0.493 e. The van der Waals surface area contributed by atoms with Crippen molar-refractivity contribution in [3.63, 3.8) is 0 Å². The number of nitrogens with zero attached hydrogens (tertiary/aromatic N) is 1. The molecule has 1 aromatic carbocycles. The van der Waals surface area contributed by atoms with Gasteiger partial charge in [-0.15, -0.1) is 0 Å². The summed E-state index contributed by atoms with van der Waals surface area (Å²) >= 11 is 0. The van der Waals surface area contributed by atoms with Crippen molar-refractivity contribution in [1.82, 2.24) is 0 Å². The van der Waals surface area contributed by atoms with Gasteiger partial charge in [0.05, 0.1) is 12.7 Å². The third-order valence-electron chi connectivity index (χ3n) is 2.50. The molecule has 0 radical (unpaired) electrons. The van der Waals surface area contributed by atoms with Crippen molar-refractivity contribution in [2.24, 2.45) is 0 Å². The first-order valence-electron chi connectivity index (χ1n) is 4.75.